The van der Waals surface area contributed by atoms with Crippen molar-refractivity contribution >= 4 is 17.3 Å². The first-order chi connectivity index (χ1) is 6.72. The molecule has 0 amide bonds. The molecule has 1 heterocycles. The van der Waals surface area contributed by atoms with Crippen molar-refractivity contribution in [2.45, 2.75) is 19.6 Å². The van der Waals surface area contributed by atoms with Gasteiger partial charge in [-0.25, -0.2) is 4.68 Å². The Kier molecular flexibility index (Phi) is 2.89. The maximum Gasteiger partial charge on any atom is 0.408 e. The van der Waals surface area contributed by atoms with Crippen LogP contribution in [0.5, 0.6) is 0 Å². The van der Waals surface area contributed by atoms with Gasteiger partial charge in [0.05, 0.1) is 4.92 Å². The van der Waals surface area contributed by atoms with Gasteiger partial charge >= 0.3 is 11.9 Å². The van der Waals surface area contributed by atoms with Crippen LogP contribution in [0.3, 0.4) is 0 Å². The van der Waals surface area contributed by atoms with Crippen LogP contribution < -0.4 is 0 Å². The highest BCUT2D eigenvalue weighted by molar-refractivity contribution is 6.31. The summed E-state index contributed by atoms with van der Waals surface area (Å²) in [4.78, 5) is 9.54. The minimum atomic E-state index is -4.52. The molecule has 0 aromatic carbocycles. The summed E-state index contributed by atoms with van der Waals surface area (Å²) in [7, 11) is 0. The third kappa shape index (κ3) is 2.58. The fraction of sp³-hybridized carbons (Fsp3) is 0.500. The predicted molar refractivity (Wildman–Crippen MR) is 44.7 cm³/mol. The molecule has 0 spiro atoms. The van der Waals surface area contributed by atoms with E-state index in [1.807, 2.05) is 0 Å². The molecular formula is C6H5ClF3N3O2. The lowest BCUT2D eigenvalue weighted by Crippen LogP contribution is -2.18. The van der Waals surface area contributed by atoms with Gasteiger partial charge in [-0.3, -0.25) is 10.1 Å². The van der Waals surface area contributed by atoms with E-state index in [2.05, 4.69) is 5.10 Å². The zero-order valence-corrected chi connectivity index (χ0v) is 8.13. The maximum absolute atomic E-state index is 12.0. The van der Waals surface area contributed by atoms with E-state index >= 15 is 0 Å². The minimum absolute atomic E-state index is 0.144. The van der Waals surface area contributed by atoms with E-state index in [0.717, 1.165) is 0 Å². The number of rotatable bonds is 2. The van der Waals surface area contributed by atoms with Crippen LogP contribution in [0.4, 0.5) is 18.9 Å². The molecule has 0 N–H and O–H groups in total. The molecule has 0 fully saturated rings. The van der Waals surface area contributed by atoms with Crippen LogP contribution in [0.2, 0.25) is 5.15 Å². The highest BCUT2D eigenvalue weighted by Gasteiger charge is 2.33. The van der Waals surface area contributed by atoms with Gasteiger partial charge in [-0.05, 0) is 6.92 Å². The highest BCUT2D eigenvalue weighted by atomic mass is 35.5. The number of aromatic nitrogens is 2. The van der Waals surface area contributed by atoms with Gasteiger partial charge in [0, 0.05) is 0 Å². The van der Waals surface area contributed by atoms with Gasteiger partial charge in [0.1, 0.15) is 12.2 Å². The first kappa shape index (κ1) is 11.8. The highest BCUT2D eigenvalue weighted by Crippen LogP contribution is 2.29. The normalized spacial score (nSPS) is 11.8. The molecule has 0 unspecified atom stereocenters. The molecule has 84 valence electrons. The van der Waals surface area contributed by atoms with E-state index in [0.29, 0.717) is 4.68 Å². The average molecular weight is 244 g/mol. The third-order valence-corrected chi connectivity index (χ3v) is 1.92. The molecule has 0 aliphatic heterocycles. The number of alkyl halides is 3. The summed E-state index contributed by atoms with van der Waals surface area (Å²) in [6.07, 6.45) is -4.52. The number of nitro groups is 1. The summed E-state index contributed by atoms with van der Waals surface area (Å²) < 4.78 is 36.3. The van der Waals surface area contributed by atoms with E-state index in [9.17, 15) is 23.3 Å². The lowest BCUT2D eigenvalue weighted by atomic mass is 10.4. The van der Waals surface area contributed by atoms with Crippen molar-refractivity contribution in [3.63, 3.8) is 0 Å². The topological polar surface area (TPSA) is 61.0 Å². The fourth-order valence-corrected chi connectivity index (χ4v) is 1.33. The largest absolute Gasteiger partial charge is 0.408 e. The molecule has 0 saturated heterocycles. The Balaban J connectivity index is 3.13. The van der Waals surface area contributed by atoms with E-state index in [1.54, 1.807) is 0 Å². The summed E-state index contributed by atoms with van der Waals surface area (Å²) >= 11 is 5.39. The van der Waals surface area contributed by atoms with Crippen LogP contribution >= 0.6 is 11.6 Å². The molecule has 5 nitrogen and oxygen atoms in total. The van der Waals surface area contributed by atoms with Gasteiger partial charge in [-0.1, -0.05) is 11.6 Å². The lowest BCUT2D eigenvalue weighted by Gasteiger charge is -2.05. The second kappa shape index (κ2) is 3.69. The molecule has 9 heteroatoms. The van der Waals surface area contributed by atoms with E-state index in [-0.39, 0.29) is 5.69 Å². The van der Waals surface area contributed by atoms with E-state index in [1.165, 1.54) is 6.92 Å². The SMILES string of the molecule is Cc1nn(CC(F)(F)F)c(Cl)c1[N+](=O)[O-]. The Morgan fingerprint density at radius 3 is 2.47 bits per heavy atom. The number of aryl methyl sites for hydroxylation is 1. The summed E-state index contributed by atoms with van der Waals surface area (Å²) in [5.74, 6) is 0. The zero-order chi connectivity index (χ0) is 11.8. The van der Waals surface area contributed by atoms with Crippen molar-refractivity contribution in [3.05, 3.63) is 21.0 Å². The summed E-state index contributed by atoms with van der Waals surface area (Å²) in [5, 5.41) is 13.1. The van der Waals surface area contributed by atoms with Crippen molar-refractivity contribution in [2.24, 2.45) is 0 Å². The van der Waals surface area contributed by atoms with Crippen molar-refractivity contribution in [1.29, 1.82) is 0 Å². The molecule has 0 aliphatic carbocycles. The van der Waals surface area contributed by atoms with Crippen LogP contribution in [0.15, 0.2) is 0 Å². The summed E-state index contributed by atoms with van der Waals surface area (Å²) in [6, 6.07) is 0. The van der Waals surface area contributed by atoms with Gasteiger partial charge < -0.3 is 0 Å². The second-order valence-electron chi connectivity index (χ2n) is 2.75. The van der Waals surface area contributed by atoms with Crippen molar-refractivity contribution < 1.29 is 18.1 Å². The minimum Gasteiger partial charge on any atom is -0.258 e. The number of hydrogen-bond donors (Lipinski definition) is 0. The third-order valence-electron chi connectivity index (χ3n) is 1.55. The van der Waals surface area contributed by atoms with Gasteiger partial charge in [0.15, 0.2) is 0 Å². The van der Waals surface area contributed by atoms with Crippen LogP contribution in [0, 0.1) is 17.0 Å². The van der Waals surface area contributed by atoms with Gasteiger partial charge in [-0.15, -0.1) is 0 Å². The monoisotopic (exact) mass is 243 g/mol. The van der Waals surface area contributed by atoms with Crippen molar-refractivity contribution in [2.75, 3.05) is 0 Å². The second-order valence-corrected chi connectivity index (χ2v) is 3.11. The average Bonchev–Trinajstić information content (AvgIpc) is 2.23. The molecule has 1 aromatic rings. The molecule has 0 atom stereocenters. The number of halogens is 4. The summed E-state index contributed by atoms with van der Waals surface area (Å²) in [6.45, 7) is -0.225. The van der Waals surface area contributed by atoms with Crippen LogP contribution in [-0.2, 0) is 6.54 Å². The molecule has 1 rings (SSSR count). The van der Waals surface area contributed by atoms with Gasteiger partial charge in [0.25, 0.3) is 0 Å². The molecule has 0 radical (unpaired) electrons. The molecule has 0 saturated carbocycles. The zero-order valence-electron chi connectivity index (χ0n) is 7.38. The van der Waals surface area contributed by atoms with Crippen molar-refractivity contribution in [3.8, 4) is 0 Å². The van der Waals surface area contributed by atoms with Gasteiger partial charge in [-0.2, -0.15) is 18.3 Å². The molecule has 0 bridgehead atoms. The van der Waals surface area contributed by atoms with Gasteiger partial charge in [0.2, 0.25) is 5.15 Å². The van der Waals surface area contributed by atoms with Crippen molar-refractivity contribution in [1.82, 2.24) is 9.78 Å². The van der Waals surface area contributed by atoms with Crippen LogP contribution in [0.1, 0.15) is 5.69 Å². The summed E-state index contributed by atoms with van der Waals surface area (Å²) in [5.41, 5.74) is -0.741. The Bertz CT molecular complexity index is 401. The van der Waals surface area contributed by atoms with E-state index < -0.39 is 28.5 Å². The Hall–Kier alpha value is -1.31. The fourth-order valence-electron chi connectivity index (χ4n) is 1.03. The lowest BCUT2D eigenvalue weighted by molar-refractivity contribution is -0.385. The first-order valence-corrected chi connectivity index (χ1v) is 4.04. The molecule has 1 aromatic heterocycles. The smallest absolute Gasteiger partial charge is 0.258 e. The van der Waals surface area contributed by atoms with Crippen LogP contribution in [-0.4, -0.2) is 20.9 Å². The standard InChI is InChI=1S/C6H5ClF3N3O2/c1-3-4(13(14)15)5(7)12(11-3)2-6(8,9)10/h2H2,1H3. The quantitative estimate of drug-likeness (QED) is 0.591. The Labute approximate surface area is 86.6 Å². The number of hydrogen-bond acceptors (Lipinski definition) is 3. The predicted octanol–water partition coefficient (Wildman–Crippen LogP) is 2.32. The first-order valence-electron chi connectivity index (χ1n) is 3.66. The Morgan fingerprint density at radius 2 is 2.13 bits per heavy atom. The molecular weight excluding hydrogens is 239 g/mol. The Morgan fingerprint density at radius 1 is 1.60 bits per heavy atom. The molecule has 15 heavy (non-hydrogen) atoms. The van der Waals surface area contributed by atoms with Crippen LogP contribution in [0.25, 0.3) is 0 Å². The maximum atomic E-state index is 12.0. The molecule has 0 aliphatic rings. The number of nitrogens with zero attached hydrogens (tertiary/aromatic N) is 3. The van der Waals surface area contributed by atoms with E-state index in [4.69, 9.17) is 11.6 Å².